The number of furan rings is 2. The number of amides is 1. The fourth-order valence-electron chi connectivity index (χ4n) is 2.32. The summed E-state index contributed by atoms with van der Waals surface area (Å²) in [6.07, 6.45) is 1.46. The minimum atomic E-state index is -1.02. The standard InChI is InChI=1S/C18H11N3O6/c22-15(19-18-21-20-16(27-18)14-2-1-9-25-14)13-8-7-12(26-13)10-3-5-11(6-4-10)17(23)24/h1-9H,(H,23,24)(H,19,21,22). The average Bonchev–Trinajstić information content (AvgIpc) is 3.42. The Labute approximate surface area is 151 Å². The first kappa shape index (κ1) is 16.3. The van der Waals surface area contributed by atoms with Crippen molar-refractivity contribution in [2.75, 3.05) is 5.32 Å². The van der Waals surface area contributed by atoms with E-state index in [9.17, 15) is 9.59 Å². The lowest BCUT2D eigenvalue weighted by molar-refractivity contribution is 0.0696. The van der Waals surface area contributed by atoms with Crippen LogP contribution in [0.25, 0.3) is 23.0 Å². The number of carbonyl (C=O) groups excluding carboxylic acids is 1. The number of aromatic nitrogens is 2. The minimum absolute atomic E-state index is 0.0325. The molecule has 4 rings (SSSR count). The van der Waals surface area contributed by atoms with Crippen LogP contribution in [0.1, 0.15) is 20.9 Å². The highest BCUT2D eigenvalue weighted by Gasteiger charge is 2.17. The molecule has 0 radical (unpaired) electrons. The number of carboxylic acids is 1. The lowest BCUT2D eigenvalue weighted by Gasteiger charge is -1.99. The third kappa shape index (κ3) is 3.33. The zero-order valence-corrected chi connectivity index (χ0v) is 13.6. The molecule has 1 amide bonds. The molecule has 0 aliphatic carbocycles. The average molecular weight is 365 g/mol. The van der Waals surface area contributed by atoms with E-state index in [2.05, 4.69) is 15.5 Å². The number of anilines is 1. The van der Waals surface area contributed by atoms with Gasteiger partial charge in [-0.2, -0.15) is 0 Å². The third-order valence-corrected chi connectivity index (χ3v) is 3.62. The number of carboxylic acid groups (broad SMARTS) is 1. The van der Waals surface area contributed by atoms with Crippen molar-refractivity contribution in [2.24, 2.45) is 0 Å². The van der Waals surface area contributed by atoms with E-state index in [1.807, 2.05) is 0 Å². The van der Waals surface area contributed by atoms with Gasteiger partial charge < -0.3 is 18.4 Å². The molecule has 0 atom stereocenters. The van der Waals surface area contributed by atoms with Crippen LogP contribution in [-0.2, 0) is 0 Å². The van der Waals surface area contributed by atoms with Crippen LogP contribution >= 0.6 is 0 Å². The molecule has 3 aromatic heterocycles. The van der Waals surface area contributed by atoms with Gasteiger partial charge in [-0.3, -0.25) is 10.1 Å². The van der Waals surface area contributed by atoms with Crippen molar-refractivity contribution < 1.29 is 27.9 Å². The van der Waals surface area contributed by atoms with Gasteiger partial charge in [-0.25, -0.2) is 4.79 Å². The number of nitrogens with one attached hydrogen (secondary N) is 1. The number of hydrogen-bond donors (Lipinski definition) is 2. The quantitative estimate of drug-likeness (QED) is 0.549. The molecule has 3 heterocycles. The Hall–Kier alpha value is -4.14. The van der Waals surface area contributed by atoms with E-state index in [-0.39, 0.29) is 23.2 Å². The Morgan fingerprint density at radius 2 is 1.74 bits per heavy atom. The molecule has 0 fully saturated rings. The number of carbonyl (C=O) groups is 2. The van der Waals surface area contributed by atoms with Crippen molar-refractivity contribution >= 4 is 17.9 Å². The molecule has 9 nitrogen and oxygen atoms in total. The molecule has 0 saturated heterocycles. The topological polar surface area (TPSA) is 132 Å². The van der Waals surface area contributed by atoms with Gasteiger partial charge in [0.05, 0.1) is 11.8 Å². The van der Waals surface area contributed by atoms with Crippen LogP contribution in [0, 0.1) is 0 Å². The van der Waals surface area contributed by atoms with Crippen LogP contribution in [0.15, 0.2) is 68.0 Å². The fourth-order valence-corrected chi connectivity index (χ4v) is 2.32. The van der Waals surface area contributed by atoms with Gasteiger partial charge in [-0.05, 0) is 36.4 Å². The molecule has 0 aliphatic rings. The summed E-state index contributed by atoms with van der Waals surface area (Å²) in [6.45, 7) is 0. The zero-order chi connectivity index (χ0) is 18.8. The van der Waals surface area contributed by atoms with Gasteiger partial charge in [0.15, 0.2) is 11.5 Å². The highest BCUT2D eigenvalue weighted by Crippen LogP contribution is 2.24. The van der Waals surface area contributed by atoms with Gasteiger partial charge in [-0.1, -0.05) is 17.2 Å². The molecular weight excluding hydrogens is 354 g/mol. The van der Waals surface area contributed by atoms with Crippen molar-refractivity contribution in [2.45, 2.75) is 0 Å². The monoisotopic (exact) mass is 365 g/mol. The predicted molar refractivity (Wildman–Crippen MR) is 91.1 cm³/mol. The third-order valence-electron chi connectivity index (χ3n) is 3.62. The molecule has 4 aromatic rings. The van der Waals surface area contributed by atoms with Gasteiger partial charge in [0, 0.05) is 5.56 Å². The molecule has 9 heteroatoms. The van der Waals surface area contributed by atoms with E-state index >= 15 is 0 Å². The van der Waals surface area contributed by atoms with Crippen LogP contribution in [0.3, 0.4) is 0 Å². The van der Waals surface area contributed by atoms with Gasteiger partial charge in [-0.15, -0.1) is 5.10 Å². The summed E-state index contributed by atoms with van der Waals surface area (Å²) >= 11 is 0. The lowest BCUT2D eigenvalue weighted by atomic mass is 10.1. The molecule has 2 N–H and O–H groups in total. The Morgan fingerprint density at radius 1 is 0.926 bits per heavy atom. The van der Waals surface area contributed by atoms with Crippen molar-refractivity contribution in [1.82, 2.24) is 10.2 Å². The maximum atomic E-state index is 12.3. The second kappa shape index (κ2) is 6.64. The first-order chi connectivity index (χ1) is 13.1. The Balaban J connectivity index is 1.48. The molecule has 134 valence electrons. The molecule has 0 bridgehead atoms. The zero-order valence-electron chi connectivity index (χ0n) is 13.6. The van der Waals surface area contributed by atoms with Gasteiger partial charge in [0.1, 0.15) is 5.76 Å². The van der Waals surface area contributed by atoms with Crippen molar-refractivity contribution in [3.05, 3.63) is 66.1 Å². The number of nitrogens with zero attached hydrogens (tertiary/aromatic N) is 2. The highest BCUT2D eigenvalue weighted by molar-refractivity contribution is 6.01. The summed E-state index contributed by atoms with van der Waals surface area (Å²) in [4.78, 5) is 23.2. The maximum absolute atomic E-state index is 12.3. The second-order valence-electron chi connectivity index (χ2n) is 5.39. The molecule has 27 heavy (non-hydrogen) atoms. The minimum Gasteiger partial charge on any atom is -0.478 e. The molecule has 0 unspecified atom stereocenters. The van der Waals surface area contributed by atoms with Crippen LogP contribution in [0.2, 0.25) is 0 Å². The van der Waals surface area contributed by atoms with E-state index < -0.39 is 11.9 Å². The molecule has 0 saturated carbocycles. The number of hydrogen-bond acceptors (Lipinski definition) is 7. The van der Waals surface area contributed by atoms with Crippen molar-refractivity contribution in [3.63, 3.8) is 0 Å². The normalized spacial score (nSPS) is 10.7. The Morgan fingerprint density at radius 3 is 2.44 bits per heavy atom. The van der Waals surface area contributed by atoms with E-state index in [1.54, 1.807) is 30.3 Å². The largest absolute Gasteiger partial charge is 0.478 e. The highest BCUT2D eigenvalue weighted by atomic mass is 16.4. The number of rotatable bonds is 5. The SMILES string of the molecule is O=C(O)c1ccc(-c2ccc(C(=O)Nc3nnc(-c4ccco4)o3)o2)cc1. The molecule has 0 aliphatic heterocycles. The van der Waals surface area contributed by atoms with E-state index in [4.69, 9.17) is 18.4 Å². The first-order valence-corrected chi connectivity index (χ1v) is 7.72. The summed E-state index contributed by atoms with van der Waals surface area (Å²) in [5.74, 6) is -0.626. The molecular formula is C18H11N3O6. The van der Waals surface area contributed by atoms with Crippen LogP contribution < -0.4 is 5.32 Å². The lowest BCUT2D eigenvalue weighted by Crippen LogP contribution is -2.11. The van der Waals surface area contributed by atoms with Crippen molar-refractivity contribution in [1.29, 1.82) is 0 Å². The molecule has 0 spiro atoms. The predicted octanol–water partition coefficient (Wildman–Crippen LogP) is 3.54. The van der Waals surface area contributed by atoms with E-state index in [0.29, 0.717) is 17.1 Å². The first-order valence-electron chi connectivity index (χ1n) is 7.72. The Bertz CT molecular complexity index is 1090. The van der Waals surface area contributed by atoms with Gasteiger partial charge in [0.2, 0.25) is 0 Å². The van der Waals surface area contributed by atoms with E-state index in [1.165, 1.54) is 24.5 Å². The number of benzene rings is 1. The smallest absolute Gasteiger partial charge is 0.335 e. The van der Waals surface area contributed by atoms with Gasteiger partial charge in [0.25, 0.3) is 11.8 Å². The Kier molecular flexibility index (Phi) is 4.01. The summed E-state index contributed by atoms with van der Waals surface area (Å²) in [5.41, 5.74) is 0.795. The maximum Gasteiger partial charge on any atom is 0.335 e. The van der Waals surface area contributed by atoms with Crippen LogP contribution in [0.5, 0.6) is 0 Å². The summed E-state index contributed by atoms with van der Waals surface area (Å²) in [7, 11) is 0. The summed E-state index contributed by atoms with van der Waals surface area (Å²) in [5, 5.41) is 18.9. The fraction of sp³-hybridized carbons (Fsp3) is 0. The van der Waals surface area contributed by atoms with Crippen LogP contribution in [-0.4, -0.2) is 27.2 Å². The van der Waals surface area contributed by atoms with E-state index in [0.717, 1.165) is 0 Å². The summed E-state index contributed by atoms with van der Waals surface area (Å²) < 4.78 is 16.0. The number of aromatic carboxylic acids is 1. The van der Waals surface area contributed by atoms with Crippen molar-refractivity contribution in [3.8, 4) is 23.0 Å². The van der Waals surface area contributed by atoms with Crippen LogP contribution in [0.4, 0.5) is 6.01 Å². The summed E-state index contributed by atoms with van der Waals surface area (Å²) in [6, 6.07) is 12.4. The second-order valence-corrected chi connectivity index (χ2v) is 5.39. The molecule has 1 aromatic carbocycles. The van der Waals surface area contributed by atoms with Gasteiger partial charge >= 0.3 is 12.0 Å².